The lowest BCUT2D eigenvalue weighted by atomic mass is 9.87. The maximum Gasteiger partial charge on any atom is 0.119 e. The van der Waals surface area contributed by atoms with Gasteiger partial charge >= 0.3 is 0 Å². The first-order valence-electron chi connectivity index (χ1n) is 6.54. The molecule has 0 aliphatic carbocycles. The van der Waals surface area contributed by atoms with Crippen molar-refractivity contribution < 1.29 is 4.74 Å². The quantitative estimate of drug-likeness (QED) is 0.818. The lowest BCUT2D eigenvalue weighted by Crippen LogP contribution is -2.32. The minimum absolute atomic E-state index is 0.206. The summed E-state index contributed by atoms with van der Waals surface area (Å²) in [5.74, 6) is 1.83. The van der Waals surface area contributed by atoms with Gasteiger partial charge in [-0.1, -0.05) is 39.8 Å². The molecule has 0 heterocycles. The second-order valence-electron chi connectivity index (χ2n) is 5.03. The summed E-state index contributed by atoms with van der Waals surface area (Å²) < 4.78 is 5.57. The summed E-state index contributed by atoms with van der Waals surface area (Å²) in [4.78, 5) is 0. The number of benzene rings is 1. The van der Waals surface area contributed by atoms with Gasteiger partial charge in [-0.25, -0.2) is 0 Å². The lowest BCUT2D eigenvalue weighted by molar-refractivity contribution is 0.317. The molecule has 0 fully saturated rings. The van der Waals surface area contributed by atoms with Gasteiger partial charge in [-0.2, -0.15) is 0 Å². The average Bonchev–Trinajstić information content (AvgIpc) is 2.35. The summed E-state index contributed by atoms with van der Waals surface area (Å²) in [6.45, 7) is 9.41. The van der Waals surface area contributed by atoms with Crippen LogP contribution in [0.3, 0.4) is 0 Å². The zero-order valence-electron chi connectivity index (χ0n) is 11.4. The van der Waals surface area contributed by atoms with Crippen molar-refractivity contribution >= 4 is 0 Å². The van der Waals surface area contributed by atoms with Gasteiger partial charge in [-0.3, -0.25) is 0 Å². The topological polar surface area (TPSA) is 35.2 Å². The first kappa shape index (κ1) is 14.0. The Morgan fingerprint density at radius 2 is 1.71 bits per heavy atom. The highest BCUT2D eigenvalue weighted by atomic mass is 16.5. The van der Waals surface area contributed by atoms with Crippen LogP contribution in [-0.2, 0) is 0 Å². The van der Waals surface area contributed by atoms with Crippen molar-refractivity contribution in [2.45, 2.75) is 46.1 Å². The molecule has 1 rings (SSSR count). The minimum Gasteiger partial charge on any atom is -0.494 e. The van der Waals surface area contributed by atoms with Crippen molar-refractivity contribution in [3.8, 4) is 5.75 Å². The Labute approximate surface area is 105 Å². The standard InChI is InChI=1S/C15H25NO/c1-5-10-17-14-8-6-13(7-9-14)12(4)15(16)11(2)3/h6-9,11-12,15H,5,10,16H2,1-4H3. The van der Waals surface area contributed by atoms with Crippen LogP contribution >= 0.6 is 0 Å². The normalized spacial score (nSPS) is 14.7. The third kappa shape index (κ3) is 4.04. The fourth-order valence-electron chi connectivity index (χ4n) is 1.89. The molecule has 0 spiro atoms. The van der Waals surface area contributed by atoms with Gasteiger partial charge in [-0.15, -0.1) is 0 Å². The van der Waals surface area contributed by atoms with Crippen molar-refractivity contribution in [2.75, 3.05) is 6.61 Å². The van der Waals surface area contributed by atoms with E-state index in [2.05, 4.69) is 39.8 Å². The van der Waals surface area contributed by atoms with Crippen LogP contribution in [0, 0.1) is 5.92 Å². The Hall–Kier alpha value is -1.02. The van der Waals surface area contributed by atoms with Crippen LogP contribution < -0.4 is 10.5 Å². The summed E-state index contributed by atoms with van der Waals surface area (Å²) >= 11 is 0. The molecule has 1 aromatic carbocycles. The molecule has 96 valence electrons. The molecular weight excluding hydrogens is 210 g/mol. The molecule has 2 atom stereocenters. The Morgan fingerprint density at radius 1 is 1.12 bits per heavy atom. The van der Waals surface area contributed by atoms with Crippen LogP contribution in [0.25, 0.3) is 0 Å². The molecule has 0 bridgehead atoms. The van der Waals surface area contributed by atoms with Gasteiger partial charge in [0.1, 0.15) is 5.75 Å². The van der Waals surface area contributed by atoms with Crippen LogP contribution in [0.2, 0.25) is 0 Å². The van der Waals surface area contributed by atoms with E-state index in [1.54, 1.807) is 0 Å². The second-order valence-corrected chi connectivity index (χ2v) is 5.03. The van der Waals surface area contributed by atoms with Gasteiger partial charge in [0, 0.05) is 6.04 Å². The Kier molecular flexibility index (Phi) is 5.49. The molecule has 2 unspecified atom stereocenters. The van der Waals surface area contributed by atoms with E-state index < -0.39 is 0 Å². The SMILES string of the molecule is CCCOc1ccc(C(C)C(N)C(C)C)cc1. The zero-order valence-corrected chi connectivity index (χ0v) is 11.4. The van der Waals surface area contributed by atoms with Crippen molar-refractivity contribution in [3.63, 3.8) is 0 Å². The zero-order chi connectivity index (χ0) is 12.8. The fourth-order valence-corrected chi connectivity index (χ4v) is 1.89. The molecule has 0 amide bonds. The van der Waals surface area contributed by atoms with E-state index in [-0.39, 0.29) is 6.04 Å². The first-order chi connectivity index (χ1) is 8.06. The van der Waals surface area contributed by atoms with E-state index in [4.69, 9.17) is 10.5 Å². The first-order valence-corrected chi connectivity index (χ1v) is 6.54. The number of nitrogens with two attached hydrogens (primary N) is 1. The van der Waals surface area contributed by atoms with Crippen LogP contribution in [0.4, 0.5) is 0 Å². The van der Waals surface area contributed by atoms with Crippen LogP contribution in [0.1, 0.15) is 45.6 Å². The average molecular weight is 235 g/mol. The Morgan fingerprint density at radius 3 is 2.18 bits per heavy atom. The van der Waals surface area contributed by atoms with E-state index in [0.29, 0.717) is 11.8 Å². The Balaban J connectivity index is 2.66. The number of rotatable bonds is 6. The van der Waals surface area contributed by atoms with Crippen molar-refractivity contribution in [2.24, 2.45) is 11.7 Å². The van der Waals surface area contributed by atoms with Crippen molar-refractivity contribution in [1.82, 2.24) is 0 Å². The van der Waals surface area contributed by atoms with Gasteiger partial charge in [0.2, 0.25) is 0 Å². The minimum atomic E-state index is 0.206. The van der Waals surface area contributed by atoms with Gasteiger partial charge < -0.3 is 10.5 Å². The van der Waals surface area contributed by atoms with Gasteiger partial charge in [0.05, 0.1) is 6.61 Å². The molecule has 2 N–H and O–H groups in total. The monoisotopic (exact) mass is 235 g/mol. The van der Waals surface area contributed by atoms with E-state index in [1.807, 2.05) is 12.1 Å². The Bertz CT molecular complexity index is 318. The van der Waals surface area contributed by atoms with E-state index in [1.165, 1.54) is 5.56 Å². The predicted octanol–water partition coefficient (Wildman–Crippen LogP) is 3.56. The number of ether oxygens (including phenoxy) is 1. The smallest absolute Gasteiger partial charge is 0.119 e. The molecule has 0 aromatic heterocycles. The van der Waals surface area contributed by atoms with E-state index in [0.717, 1.165) is 18.8 Å². The summed E-state index contributed by atoms with van der Waals surface area (Å²) in [5, 5.41) is 0. The summed E-state index contributed by atoms with van der Waals surface area (Å²) in [5.41, 5.74) is 7.47. The maximum absolute atomic E-state index is 6.18. The number of hydrogen-bond acceptors (Lipinski definition) is 2. The molecule has 1 aromatic rings. The summed E-state index contributed by atoms with van der Waals surface area (Å²) in [6, 6.07) is 8.52. The molecule has 0 aliphatic rings. The van der Waals surface area contributed by atoms with Gasteiger partial charge in [0.15, 0.2) is 0 Å². The van der Waals surface area contributed by atoms with Crippen LogP contribution in [0.5, 0.6) is 5.75 Å². The molecular formula is C15H25NO. The second kappa shape index (κ2) is 6.65. The molecule has 0 aliphatic heterocycles. The van der Waals surface area contributed by atoms with Gasteiger partial charge in [0.25, 0.3) is 0 Å². The molecule has 0 radical (unpaired) electrons. The van der Waals surface area contributed by atoms with Crippen LogP contribution in [0.15, 0.2) is 24.3 Å². The third-order valence-electron chi connectivity index (χ3n) is 3.23. The maximum atomic E-state index is 6.18. The van der Waals surface area contributed by atoms with Crippen molar-refractivity contribution in [3.05, 3.63) is 29.8 Å². The van der Waals surface area contributed by atoms with E-state index >= 15 is 0 Å². The largest absolute Gasteiger partial charge is 0.494 e. The highest BCUT2D eigenvalue weighted by Crippen LogP contribution is 2.24. The summed E-state index contributed by atoms with van der Waals surface area (Å²) in [7, 11) is 0. The van der Waals surface area contributed by atoms with E-state index in [9.17, 15) is 0 Å². The molecule has 2 heteroatoms. The molecule has 17 heavy (non-hydrogen) atoms. The summed E-state index contributed by atoms with van der Waals surface area (Å²) in [6.07, 6.45) is 1.04. The lowest BCUT2D eigenvalue weighted by Gasteiger charge is -2.23. The molecule has 0 saturated heterocycles. The van der Waals surface area contributed by atoms with Crippen molar-refractivity contribution in [1.29, 1.82) is 0 Å². The third-order valence-corrected chi connectivity index (χ3v) is 3.23. The highest BCUT2D eigenvalue weighted by Gasteiger charge is 2.17. The number of hydrogen-bond donors (Lipinski definition) is 1. The van der Waals surface area contributed by atoms with Crippen LogP contribution in [-0.4, -0.2) is 12.6 Å². The fraction of sp³-hybridized carbons (Fsp3) is 0.600. The van der Waals surface area contributed by atoms with Gasteiger partial charge in [-0.05, 0) is 36.0 Å². The highest BCUT2D eigenvalue weighted by molar-refractivity contribution is 5.30. The molecule has 0 saturated carbocycles. The predicted molar refractivity (Wildman–Crippen MR) is 73.5 cm³/mol. The molecule has 2 nitrogen and oxygen atoms in total.